The van der Waals surface area contributed by atoms with Crippen molar-refractivity contribution in [1.82, 2.24) is 0 Å². The number of ether oxygens (including phenoxy) is 1. The molecule has 0 aliphatic heterocycles. The molecule has 1 aromatic carbocycles. The molecule has 0 fully saturated rings. The van der Waals surface area contributed by atoms with Gasteiger partial charge in [0.15, 0.2) is 11.6 Å². The minimum Gasteiger partial charge on any atom is -0.492 e. The average Bonchev–Trinajstić information content (AvgIpc) is 2.23. The van der Waals surface area contributed by atoms with E-state index in [-0.39, 0.29) is 4.47 Å². The number of carbonyl (C=O) groups excluding carboxylic acids is 1. The van der Waals surface area contributed by atoms with Gasteiger partial charge in [-0.1, -0.05) is 0 Å². The fourth-order valence-corrected chi connectivity index (χ4v) is 1.61. The summed E-state index contributed by atoms with van der Waals surface area (Å²) in [7, 11) is 1.11. The number of halogens is 3. The van der Waals surface area contributed by atoms with Gasteiger partial charge in [0.1, 0.15) is 0 Å². The van der Waals surface area contributed by atoms with E-state index < -0.39 is 34.7 Å². The second-order valence-electron chi connectivity index (χ2n) is 2.70. The summed E-state index contributed by atoms with van der Waals surface area (Å²) in [6.07, 6.45) is 0. The Balaban J connectivity index is 3.45. The molecule has 0 saturated heterocycles. The van der Waals surface area contributed by atoms with Crippen LogP contribution in [0, 0.1) is 11.6 Å². The first-order chi connectivity index (χ1) is 7.40. The number of rotatable bonds is 3. The Morgan fingerprint density at radius 2 is 1.94 bits per heavy atom. The molecule has 7 heteroatoms. The Morgan fingerprint density at radius 1 is 1.38 bits per heavy atom. The second kappa shape index (κ2) is 4.56. The van der Waals surface area contributed by atoms with Gasteiger partial charge in [-0.15, -0.1) is 0 Å². The van der Waals surface area contributed by atoms with Crippen LogP contribution in [-0.2, 0) is 4.79 Å². The molecule has 0 atom stereocenters. The van der Waals surface area contributed by atoms with Gasteiger partial charge in [0.05, 0.1) is 17.1 Å². The summed E-state index contributed by atoms with van der Waals surface area (Å²) in [5.74, 6) is -6.79. The van der Waals surface area contributed by atoms with E-state index in [4.69, 9.17) is 5.11 Å². The third-order valence-corrected chi connectivity index (χ3v) is 2.35. The summed E-state index contributed by atoms with van der Waals surface area (Å²) < 4.78 is 31.0. The summed E-state index contributed by atoms with van der Waals surface area (Å²) in [5.41, 5.74) is -0.863. The lowest BCUT2D eigenvalue weighted by Crippen LogP contribution is -2.15. The number of Topliss-reactive ketones (excluding diaryl/α,β-unsaturated/α-hetero) is 1. The van der Waals surface area contributed by atoms with Crippen LogP contribution in [0.15, 0.2) is 10.5 Å². The van der Waals surface area contributed by atoms with Crippen LogP contribution in [0.5, 0.6) is 5.75 Å². The molecule has 0 aliphatic rings. The van der Waals surface area contributed by atoms with Crippen molar-refractivity contribution in [2.45, 2.75) is 0 Å². The number of ketones is 1. The molecule has 1 aromatic rings. The topological polar surface area (TPSA) is 63.6 Å². The minimum absolute atomic E-state index is 0.0431. The Labute approximate surface area is 97.0 Å². The van der Waals surface area contributed by atoms with Crippen molar-refractivity contribution in [2.75, 3.05) is 7.11 Å². The molecule has 86 valence electrons. The van der Waals surface area contributed by atoms with Gasteiger partial charge in [0, 0.05) is 0 Å². The first kappa shape index (κ1) is 12.6. The van der Waals surface area contributed by atoms with E-state index in [0.29, 0.717) is 0 Å². The normalized spacial score (nSPS) is 10.0. The van der Waals surface area contributed by atoms with Crippen molar-refractivity contribution in [1.29, 1.82) is 0 Å². The maximum Gasteiger partial charge on any atom is 0.377 e. The van der Waals surface area contributed by atoms with E-state index in [0.717, 1.165) is 13.2 Å². The number of benzene rings is 1. The molecule has 0 amide bonds. The molecule has 1 rings (SSSR count). The molecule has 0 saturated carbocycles. The van der Waals surface area contributed by atoms with Gasteiger partial charge in [0.2, 0.25) is 5.82 Å². The maximum atomic E-state index is 13.3. The van der Waals surface area contributed by atoms with Gasteiger partial charge in [-0.3, -0.25) is 4.79 Å². The van der Waals surface area contributed by atoms with Crippen molar-refractivity contribution >= 4 is 27.7 Å². The molecule has 0 radical (unpaired) electrons. The van der Waals surface area contributed by atoms with Gasteiger partial charge >= 0.3 is 5.97 Å². The van der Waals surface area contributed by atoms with E-state index in [9.17, 15) is 18.4 Å². The Bertz CT molecular complexity index is 473. The van der Waals surface area contributed by atoms with Crippen LogP contribution >= 0.6 is 15.9 Å². The van der Waals surface area contributed by atoms with E-state index >= 15 is 0 Å². The minimum atomic E-state index is -1.87. The van der Waals surface area contributed by atoms with E-state index in [1.54, 1.807) is 0 Å². The first-order valence-corrected chi connectivity index (χ1v) is 4.68. The number of carboxylic acid groups (broad SMARTS) is 1. The van der Waals surface area contributed by atoms with Crippen LogP contribution in [0.2, 0.25) is 0 Å². The van der Waals surface area contributed by atoms with Gasteiger partial charge in [-0.05, 0) is 22.0 Å². The van der Waals surface area contributed by atoms with Gasteiger partial charge in [-0.25, -0.2) is 9.18 Å². The number of aliphatic carboxylic acids is 1. The molecule has 0 unspecified atom stereocenters. The monoisotopic (exact) mass is 294 g/mol. The van der Waals surface area contributed by atoms with Crippen LogP contribution in [0.1, 0.15) is 10.4 Å². The van der Waals surface area contributed by atoms with Crippen LogP contribution in [-0.4, -0.2) is 24.0 Å². The first-order valence-electron chi connectivity index (χ1n) is 3.89. The predicted molar refractivity (Wildman–Crippen MR) is 52.6 cm³/mol. The highest BCUT2D eigenvalue weighted by Gasteiger charge is 2.25. The number of hydrogen-bond acceptors (Lipinski definition) is 3. The molecule has 0 bridgehead atoms. The standard InChI is InChI=1S/C9H5BrF2O4/c1-16-8-4(10)2-3(5(11)6(8)12)7(13)9(14)15/h2H,1H3,(H,14,15). The second-order valence-corrected chi connectivity index (χ2v) is 3.56. The van der Waals surface area contributed by atoms with Crippen molar-refractivity contribution in [3.63, 3.8) is 0 Å². The largest absolute Gasteiger partial charge is 0.492 e. The smallest absolute Gasteiger partial charge is 0.377 e. The lowest BCUT2D eigenvalue weighted by atomic mass is 10.1. The highest BCUT2D eigenvalue weighted by atomic mass is 79.9. The summed E-state index contributed by atoms with van der Waals surface area (Å²) in [4.78, 5) is 21.3. The van der Waals surface area contributed by atoms with Gasteiger partial charge < -0.3 is 9.84 Å². The lowest BCUT2D eigenvalue weighted by molar-refractivity contribution is -0.131. The molecule has 0 aromatic heterocycles. The van der Waals surface area contributed by atoms with E-state index in [1.807, 2.05) is 0 Å². The highest BCUT2D eigenvalue weighted by molar-refractivity contribution is 9.10. The average molecular weight is 295 g/mol. The fraction of sp³-hybridized carbons (Fsp3) is 0.111. The number of methoxy groups -OCH3 is 1. The molecule has 0 heterocycles. The third kappa shape index (κ3) is 2.04. The van der Waals surface area contributed by atoms with Gasteiger partial charge in [0.25, 0.3) is 5.78 Å². The molecule has 4 nitrogen and oxygen atoms in total. The summed E-state index contributed by atoms with van der Waals surface area (Å²) in [6, 6.07) is 0.855. The van der Waals surface area contributed by atoms with Gasteiger partial charge in [-0.2, -0.15) is 4.39 Å². The van der Waals surface area contributed by atoms with E-state index in [1.165, 1.54) is 0 Å². The van der Waals surface area contributed by atoms with Crippen LogP contribution < -0.4 is 4.74 Å². The van der Waals surface area contributed by atoms with Crippen LogP contribution in [0.3, 0.4) is 0 Å². The fourth-order valence-electron chi connectivity index (χ4n) is 1.05. The van der Waals surface area contributed by atoms with Crippen molar-refractivity contribution in [2.24, 2.45) is 0 Å². The predicted octanol–water partition coefficient (Wildman–Crippen LogP) is 2.00. The van der Waals surface area contributed by atoms with Crippen molar-refractivity contribution in [3.8, 4) is 5.75 Å². The zero-order valence-electron chi connectivity index (χ0n) is 7.88. The quantitative estimate of drug-likeness (QED) is 0.526. The molecule has 0 spiro atoms. The molecule has 1 N–H and O–H groups in total. The lowest BCUT2D eigenvalue weighted by Gasteiger charge is -2.07. The molecular weight excluding hydrogens is 290 g/mol. The zero-order valence-corrected chi connectivity index (χ0v) is 9.47. The molecular formula is C9H5BrF2O4. The molecule has 16 heavy (non-hydrogen) atoms. The summed E-state index contributed by atoms with van der Waals surface area (Å²) in [6.45, 7) is 0. The van der Waals surface area contributed by atoms with Crippen LogP contribution in [0.25, 0.3) is 0 Å². The Kier molecular flexibility index (Phi) is 3.58. The Morgan fingerprint density at radius 3 is 2.38 bits per heavy atom. The zero-order chi connectivity index (χ0) is 12.5. The molecule has 0 aliphatic carbocycles. The Hall–Kier alpha value is -1.50. The highest BCUT2D eigenvalue weighted by Crippen LogP contribution is 2.32. The summed E-state index contributed by atoms with van der Waals surface area (Å²) >= 11 is 2.83. The third-order valence-electron chi connectivity index (χ3n) is 1.76. The number of hydrogen-bond donors (Lipinski definition) is 1. The van der Waals surface area contributed by atoms with Crippen molar-refractivity contribution < 1.29 is 28.2 Å². The van der Waals surface area contributed by atoms with Crippen molar-refractivity contribution in [3.05, 3.63) is 27.7 Å². The SMILES string of the molecule is COc1c(Br)cc(C(=O)C(=O)O)c(F)c1F. The summed E-state index contributed by atoms with van der Waals surface area (Å²) in [5, 5.41) is 8.38. The number of carboxylic acids is 1. The van der Waals surface area contributed by atoms with Crippen LogP contribution in [0.4, 0.5) is 8.78 Å². The number of carbonyl (C=O) groups is 2. The maximum absolute atomic E-state index is 13.3. The van der Waals surface area contributed by atoms with E-state index in [2.05, 4.69) is 20.7 Å².